The highest BCUT2D eigenvalue weighted by molar-refractivity contribution is 5.87. The van der Waals surface area contributed by atoms with Gasteiger partial charge in [-0.25, -0.2) is 9.97 Å². The van der Waals surface area contributed by atoms with Gasteiger partial charge in [-0.1, -0.05) is 6.92 Å². The van der Waals surface area contributed by atoms with E-state index in [1.807, 2.05) is 19.1 Å². The van der Waals surface area contributed by atoms with E-state index in [1.54, 1.807) is 19.4 Å². The van der Waals surface area contributed by atoms with E-state index in [0.29, 0.717) is 58.0 Å². The normalized spacial score (nSPS) is 17.7. The number of hydrogen-bond donors (Lipinski definition) is 5. The van der Waals surface area contributed by atoms with Crippen LogP contribution in [0.2, 0.25) is 0 Å². The van der Waals surface area contributed by atoms with Gasteiger partial charge in [-0.15, -0.1) is 0 Å². The molecule has 2 aliphatic rings. The number of anilines is 4. The number of nitrogens with zero attached hydrogens (tertiary/aromatic N) is 8. The van der Waals surface area contributed by atoms with Crippen molar-refractivity contribution < 1.29 is 9.84 Å². The summed E-state index contributed by atoms with van der Waals surface area (Å²) in [6, 6.07) is 6.29. The van der Waals surface area contributed by atoms with E-state index in [2.05, 4.69) is 64.4 Å². The summed E-state index contributed by atoms with van der Waals surface area (Å²) in [4.78, 5) is 31.1. The van der Waals surface area contributed by atoms with E-state index in [1.165, 1.54) is 0 Å². The van der Waals surface area contributed by atoms with Gasteiger partial charge in [-0.05, 0) is 84.2 Å². The number of pyridine rings is 2. The molecule has 2 saturated heterocycles. The molecule has 2 fully saturated rings. The van der Waals surface area contributed by atoms with Crippen LogP contribution >= 0.6 is 0 Å². The van der Waals surface area contributed by atoms with Crippen molar-refractivity contribution in [2.45, 2.75) is 50.6 Å². The average molecular weight is 605 g/mol. The zero-order chi connectivity index (χ0) is 31.2. The van der Waals surface area contributed by atoms with Gasteiger partial charge in [0, 0.05) is 23.7 Å². The first-order valence-electron chi connectivity index (χ1n) is 15.1. The number of ether oxygens (including phenoxy) is 1. The lowest BCUT2D eigenvalue weighted by Crippen LogP contribution is -2.37. The summed E-state index contributed by atoms with van der Waals surface area (Å²) in [5.74, 6) is 2.55. The lowest BCUT2D eigenvalue weighted by atomic mass is 10.1. The minimum absolute atomic E-state index is 0.0270. The van der Waals surface area contributed by atoms with Gasteiger partial charge in [0.25, 0.3) is 0 Å². The fourth-order valence-electron chi connectivity index (χ4n) is 5.34. The largest absolute Gasteiger partial charge is 0.495 e. The number of likely N-dealkylation sites (tertiary alicyclic amines) is 2. The number of methoxy groups -OCH3 is 1. The highest BCUT2D eigenvalue weighted by Gasteiger charge is 2.20. The first-order chi connectivity index (χ1) is 21.2. The second-order valence-corrected chi connectivity index (χ2v) is 11.7. The summed E-state index contributed by atoms with van der Waals surface area (Å²) in [5, 5.41) is 17.5. The Morgan fingerprint density at radius 1 is 0.841 bits per heavy atom. The van der Waals surface area contributed by atoms with E-state index < -0.39 is 0 Å². The molecule has 0 aromatic carbocycles. The van der Waals surface area contributed by atoms with Crippen molar-refractivity contribution in [2.24, 2.45) is 0 Å². The molecule has 1 atom stereocenters. The Labute approximate surface area is 257 Å². The molecule has 0 aliphatic carbocycles. The molecule has 4 aromatic rings. The average Bonchev–Trinajstić information content (AvgIpc) is 3.03. The number of aliphatic hydroxyl groups is 1. The fourth-order valence-corrected chi connectivity index (χ4v) is 5.34. The zero-order valence-corrected chi connectivity index (χ0v) is 26.0. The van der Waals surface area contributed by atoms with Crippen LogP contribution in [-0.2, 0) is 0 Å². The van der Waals surface area contributed by atoms with Crippen molar-refractivity contribution in [2.75, 3.05) is 76.1 Å². The molecule has 0 amide bonds. The Balaban J connectivity index is 0.000000175. The standard InChI is InChI=1S/C16H24N6O.C14H20N6O/c1-10(9-23)13-4-3-12-14(17)20-16(21-15(12)19-13)18-11-5-7-22(2)8-6-11;1-20-5-3-9(4-6-20)17-14-18-12(15)11-7-10(21-2)8-16-13(11)19-14/h3-4,10-11,23H,5-9H2,1-2H3,(H3,17,18,19,20,21);7-9H,3-6H2,1-2H3,(H3,15,16,17,18,19). The molecule has 4 aromatic heterocycles. The number of hydrogen-bond acceptors (Lipinski definition) is 14. The van der Waals surface area contributed by atoms with Crippen LogP contribution in [0.25, 0.3) is 22.1 Å². The Hall–Kier alpha value is -4.14. The van der Waals surface area contributed by atoms with E-state index >= 15 is 0 Å². The monoisotopic (exact) mass is 604 g/mol. The van der Waals surface area contributed by atoms with Crippen LogP contribution in [0.5, 0.6) is 5.75 Å². The van der Waals surface area contributed by atoms with Crippen LogP contribution in [0.15, 0.2) is 24.4 Å². The van der Waals surface area contributed by atoms with Gasteiger partial charge >= 0.3 is 0 Å². The van der Waals surface area contributed by atoms with Crippen molar-refractivity contribution in [3.63, 3.8) is 0 Å². The van der Waals surface area contributed by atoms with Gasteiger partial charge in [0.1, 0.15) is 17.4 Å². The molecular weight excluding hydrogens is 560 g/mol. The number of fused-ring (bicyclic) bond motifs is 2. The van der Waals surface area contributed by atoms with Crippen LogP contribution < -0.4 is 26.8 Å². The maximum absolute atomic E-state index is 9.29. The van der Waals surface area contributed by atoms with Crippen molar-refractivity contribution in [3.05, 3.63) is 30.1 Å². The molecule has 0 bridgehead atoms. The predicted molar refractivity (Wildman–Crippen MR) is 174 cm³/mol. The third-order valence-electron chi connectivity index (χ3n) is 8.28. The molecule has 14 nitrogen and oxygen atoms in total. The molecule has 0 spiro atoms. The number of nitrogens with one attached hydrogen (secondary N) is 2. The van der Waals surface area contributed by atoms with Gasteiger partial charge in [0.2, 0.25) is 11.9 Å². The molecule has 1 unspecified atom stereocenters. The summed E-state index contributed by atoms with van der Waals surface area (Å²) >= 11 is 0. The summed E-state index contributed by atoms with van der Waals surface area (Å²) in [7, 11) is 5.86. The molecule has 6 heterocycles. The first-order valence-corrected chi connectivity index (χ1v) is 15.1. The second kappa shape index (κ2) is 14.1. The van der Waals surface area contributed by atoms with Gasteiger partial charge in [0.05, 0.1) is 30.7 Å². The zero-order valence-electron chi connectivity index (χ0n) is 26.0. The van der Waals surface area contributed by atoms with Crippen LogP contribution in [0.1, 0.15) is 44.2 Å². The molecule has 0 saturated carbocycles. The van der Waals surface area contributed by atoms with Gasteiger partial charge in [-0.3, -0.25) is 0 Å². The summed E-state index contributed by atoms with van der Waals surface area (Å²) in [5.41, 5.74) is 14.0. The minimum Gasteiger partial charge on any atom is -0.495 e. The van der Waals surface area contributed by atoms with Crippen molar-refractivity contribution in [3.8, 4) is 5.75 Å². The maximum Gasteiger partial charge on any atom is 0.226 e. The number of rotatable bonds is 7. The summed E-state index contributed by atoms with van der Waals surface area (Å²) < 4.78 is 5.15. The lowest BCUT2D eigenvalue weighted by molar-refractivity contribution is 0.263. The minimum atomic E-state index is -0.0270. The van der Waals surface area contributed by atoms with E-state index in [9.17, 15) is 5.11 Å². The molecule has 6 rings (SSSR count). The van der Waals surface area contributed by atoms with Crippen molar-refractivity contribution in [1.82, 2.24) is 39.7 Å². The molecular formula is C30H44N12O2. The third-order valence-corrected chi connectivity index (χ3v) is 8.28. The van der Waals surface area contributed by atoms with Crippen molar-refractivity contribution in [1.29, 1.82) is 0 Å². The molecule has 7 N–H and O–H groups in total. The van der Waals surface area contributed by atoms with E-state index in [-0.39, 0.29) is 12.5 Å². The molecule has 0 radical (unpaired) electrons. The quantitative estimate of drug-likeness (QED) is 0.207. The van der Waals surface area contributed by atoms with Crippen LogP contribution in [0.3, 0.4) is 0 Å². The van der Waals surface area contributed by atoms with Gasteiger partial charge in [-0.2, -0.15) is 19.9 Å². The highest BCUT2D eigenvalue weighted by atomic mass is 16.5. The highest BCUT2D eigenvalue weighted by Crippen LogP contribution is 2.24. The molecule has 14 heteroatoms. The van der Waals surface area contributed by atoms with E-state index in [0.717, 1.165) is 62.9 Å². The number of nitrogens with two attached hydrogens (primary N) is 2. The predicted octanol–water partition coefficient (Wildman–Crippen LogP) is 2.33. The number of piperidine rings is 2. The summed E-state index contributed by atoms with van der Waals surface area (Å²) in [6.07, 6.45) is 5.91. The second-order valence-electron chi connectivity index (χ2n) is 11.7. The van der Waals surface area contributed by atoms with Crippen LogP contribution in [-0.4, -0.2) is 111 Å². The van der Waals surface area contributed by atoms with Gasteiger partial charge in [0.15, 0.2) is 11.3 Å². The summed E-state index contributed by atoms with van der Waals surface area (Å²) in [6.45, 7) is 6.27. The number of aromatic nitrogens is 6. The number of aliphatic hydroxyl groups excluding tert-OH is 1. The first kappa shape index (κ1) is 31.3. The van der Waals surface area contributed by atoms with E-state index in [4.69, 9.17) is 16.2 Å². The van der Waals surface area contributed by atoms with Crippen molar-refractivity contribution >= 4 is 45.6 Å². The lowest BCUT2D eigenvalue weighted by Gasteiger charge is -2.29. The smallest absolute Gasteiger partial charge is 0.226 e. The molecule has 44 heavy (non-hydrogen) atoms. The Morgan fingerprint density at radius 2 is 1.39 bits per heavy atom. The Kier molecular flexibility index (Phi) is 10.0. The maximum atomic E-state index is 9.29. The Morgan fingerprint density at radius 3 is 1.93 bits per heavy atom. The van der Waals surface area contributed by atoms with Crippen LogP contribution in [0.4, 0.5) is 23.5 Å². The SMILES string of the molecule is CC(CO)c1ccc2c(N)nc(NC3CCN(C)CC3)nc2n1.COc1cnc2nc(NC3CCN(C)CC3)nc(N)c2c1. The van der Waals surface area contributed by atoms with Gasteiger partial charge < -0.3 is 41.7 Å². The molecule has 2 aliphatic heterocycles. The third kappa shape index (κ3) is 7.68. The van der Waals surface area contributed by atoms with Crippen LogP contribution in [0, 0.1) is 0 Å². The molecule has 236 valence electrons. The fraction of sp³-hybridized carbons (Fsp3) is 0.533. The topological polar surface area (TPSA) is 189 Å². The number of nitrogen functional groups attached to an aromatic ring is 2. The Bertz CT molecular complexity index is 1550.